The molecule has 0 aliphatic carbocycles. The largest absolute Gasteiger partial charge is 0.355 e. The zero-order valence-electron chi connectivity index (χ0n) is 16.6. The molecule has 1 heterocycles. The van der Waals surface area contributed by atoms with Crippen LogP contribution in [0.25, 0.3) is 10.9 Å². The first-order valence-electron chi connectivity index (χ1n) is 9.54. The molecule has 0 saturated heterocycles. The van der Waals surface area contributed by atoms with Gasteiger partial charge in [0.1, 0.15) is 0 Å². The van der Waals surface area contributed by atoms with E-state index in [0.717, 1.165) is 27.9 Å². The van der Waals surface area contributed by atoms with Gasteiger partial charge < -0.3 is 10.2 Å². The molecule has 0 spiro atoms. The SMILES string of the molecule is C[C@H](CC(=O)NC[C@H](Cc1ccc2[nH]ncc2c1Cl)N(C)C)c1ccccc1. The lowest BCUT2D eigenvalue weighted by molar-refractivity contribution is -0.121. The van der Waals surface area contributed by atoms with Crippen LogP contribution in [0.15, 0.2) is 48.7 Å². The minimum absolute atomic E-state index is 0.0691. The summed E-state index contributed by atoms with van der Waals surface area (Å²) in [4.78, 5) is 14.6. The van der Waals surface area contributed by atoms with E-state index in [1.165, 1.54) is 5.56 Å². The predicted molar refractivity (Wildman–Crippen MR) is 115 cm³/mol. The number of H-pyrrole nitrogens is 1. The van der Waals surface area contributed by atoms with Gasteiger partial charge in [0.15, 0.2) is 0 Å². The van der Waals surface area contributed by atoms with Gasteiger partial charge in [-0.3, -0.25) is 9.89 Å². The van der Waals surface area contributed by atoms with Crippen molar-refractivity contribution in [3.63, 3.8) is 0 Å². The van der Waals surface area contributed by atoms with Gasteiger partial charge in [-0.25, -0.2) is 0 Å². The summed E-state index contributed by atoms with van der Waals surface area (Å²) >= 11 is 6.57. The first-order chi connectivity index (χ1) is 13.5. The number of hydrogen-bond donors (Lipinski definition) is 2. The van der Waals surface area contributed by atoms with E-state index in [2.05, 4.69) is 39.5 Å². The van der Waals surface area contributed by atoms with Crippen molar-refractivity contribution in [3.05, 3.63) is 64.8 Å². The maximum absolute atomic E-state index is 12.4. The van der Waals surface area contributed by atoms with Crippen LogP contribution in [0.3, 0.4) is 0 Å². The number of carbonyl (C=O) groups is 1. The van der Waals surface area contributed by atoms with Crippen LogP contribution in [-0.2, 0) is 11.2 Å². The Morgan fingerprint density at radius 3 is 2.68 bits per heavy atom. The number of amides is 1. The molecule has 28 heavy (non-hydrogen) atoms. The fraction of sp³-hybridized carbons (Fsp3) is 0.364. The highest BCUT2D eigenvalue weighted by Crippen LogP contribution is 2.27. The monoisotopic (exact) mass is 398 g/mol. The molecule has 6 heteroatoms. The summed E-state index contributed by atoms with van der Waals surface area (Å²) in [6.45, 7) is 2.66. The number of likely N-dealkylation sites (N-methyl/N-ethyl adjacent to an activating group) is 1. The quantitative estimate of drug-likeness (QED) is 0.603. The summed E-state index contributed by atoms with van der Waals surface area (Å²) in [5.74, 6) is 0.261. The third-order valence-electron chi connectivity index (χ3n) is 5.22. The minimum atomic E-state index is 0.0691. The Balaban J connectivity index is 1.60. The first kappa shape index (κ1) is 20.4. The standard InChI is InChI=1S/C22H27ClN4O/c1-15(16-7-5-4-6-8-16)11-21(28)24-13-18(27(2)3)12-17-9-10-20-19(22(17)23)14-25-26-20/h4-10,14-15,18H,11-13H2,1-3H3,(H,24,28)(H,25,26)/t15-,18+/m1/s1. The van der Waals surface area contributed by atoms with E-state index in [1.807, 2.05) is 44.4 Å². The van der Waals surface area contributed by atoms with Gasteiger partial charge in [-0.1, -0.05) is 54.9 Å². The molecule has 1 aromatic heterocycles. The number of halogens is 1. The normalized spacial score (nSPS) is 13.6. The van der Waals surface area contributed by atoms with Gasteiger partial charge in [-0.2, -0.15) is 5.10 Å². The topological polar surface area (TPSA) is 61.0 Å². The van der Waals surface area contributed by atoms with Gasteiger partial charge in [0.05, 0.1) is 16.7 Å². The first-order valence-corrected chi connectivity index (χ1v) is 9.92. The highest BCUT2D eigenvalue weighted by molar-refractivity contribution is 6.36. The molecule has 0 aliphatic rings. The Morgan fingerprint density at radius 1 is 1.21 bits per heavy atom. The summed E-state index contributed by atoms with van der Waals surface area (Å²) in [6, 6.07) is 14.3. The molecule has 3 aromatic rings. The van der Waals surface area contributed by atoms with Crippen LogP contribution in [0, 0.1) is 0 Å². The Hall–Kier alpha value is -2.37. The number of hydrogen-bond acceptors (Lipinski definition) is 3. The van der Waals surface area contributed by atoms with E-state index >= 15 is 0 Å². The number of rotatable bonds is 8. The van der Waals surface area contributed by atoms with Gasteiger partial charge >= 0.3 is 0 Å². The molecule has 2 atom stereocenters. The lowest BCUT2D eigenvalue weighted by Crippen LogP contribution is -2.41. The van der Waals surface area contributed by atoms with Gasteiger partial charge in [-0.05, 0) is 43.6 Å². The maximum atomic E-state index is 12.4. The van der Waals surface area contributed by atoms with Crippen LogP contribution in [0.1, 0.15) is 30.4 Å². The number of nitrogens with zero attached hydrogens (tertiary/aromatic N) is 2. The number of benzene rings is 2. The molecule has 0 fully saturated rings. The van der Waals surface area contributed by atoms with Crippen molar-refractivity contribution in [2.24, 2.45) is 0 Å². The van der Waals surface area contributed by atoms with Crippen molar-refractivity contribution < 1.29 is 4.79 Å². The Labute approximate surface area is 171 Å². The molecule has 3 rings (SSSR count). The second kappa shape index (κ2) is 9.22. The molecular weight excluding hydrogens is 372 g/mol. The number of fused-ring (bicyclic) bond motifs is 1. The van der Waals surface area contributed by atoms with Crippen LogP contribution in [0.5, 0.6) is 0 Å². The summed E-state index contributed by atoms with van der Waals surface area (Å²) in [5, 5.41) is 11.7. The van der Waals surface area contributed by atoms with Crippen molar-refractivity contribution in [1.29, 1.82) is 0 Å². The maximum Gasteiger partial charge on any atom is 0.220 e. The minimum Gasteiger partial charge on any atom is -0.355 e. The van der Waals surface area contributed by atoms with Gasteiger partial charge in [0.2, 0.25) is 5.91 Å². The Bertz CT molecular complexity index is 923. The molecule has 0 unspecified atom stereocenters. The van der Waals surface area contributed by atoms with E-state index in [4.69, 9.17) is 11.6 Å². The van der Waals surface area contributed by atoms with E-state index in [9.17, 15) is 4.79 Å². The number of aromatic nitrogens is 2. The van der Waals surface area contributed by atoms with Crippen molar-refractivity contribution in [1.82, 2.24) is 20.4 Å². The molecule has 148 valence electrons. The fourth-order valence-corrected chi connectivity index (χ4v) is 3.65. The van der Waals surface area contributed by atoms with Crippen molar-refractivity contribution in [2.75, 3.05) is 20.6 Å². The zero-order chi connectivity index (χ0) is 20.1. The number of aromatic amines is 1. The zero-order valence-corrected chi connectivity index (χ0v) is 17.3. The third kappa shape index (κ3) is 4.91. The molecule has 2 aromatic carbocycles. The van der Waals surface area contributed by atoms with Crippen LogP contribution in [0.4, 0.5) is 0 Å². The van der Waals surface area contributed by atoms with Crippen LogP contribution >= 0.6 is 11.6 Å². The van der Waals surface area contributed by atoms with E-state index in [-0.39, 0.29) is 17.9 Å². The molecule has 5 nitrogen and oxygen atoms in total. The molecule has 0 bridgehead atoms. The Kier molecular flexibility index (Phi) is 6.70. The summed E-state index contributed by atoms with van der Waals surface area (Å²) in [7, 11) is 4.04. The van der Waals surface area contributed by atoms with Crippen molar-refractivity contribution in [3.8, 4) is 0 Å². The van der Waals surface area contributed by atoms with E-state index in [0.29, 0.717) is 13.0 Å². The second-order valence-electron chi connectivity index (χ2n) is 7.51. The molecule has 0 radical (unpaired) electrons. The second-order valence-corrected chi connectivity index (χ2v) is 7.89. The predicted octanol–water partition coefficient (Wildman–Crippen LogP) is 4.00. The highest BCUT2D eigenvalue weighted by Gasteiger charge is 2.18. The average molecular weight is 399 g/mol. The van der Waals surface area contributed by atoms with Crippen molar-refractivity contribution in [2.45, 2.75) is 31.7 Å². The lowest BCUT2D eigenvalue weighted by atomic mass is 9.97. The molecule has 0 saturated carbocycles. The number of nitrogens with one attached hydrogen (secondary N) is 2. The summed E-state index contributed by atoms with van der Waals surface area (Å²) < 4.78 is 0. The van der Waals surface area contributed by atoms with Gasteiger partial charge in [-0.15, -0.1) is 0 Å². The van der Waals surface area contributed by atoms with E-state index in [1.54, 1.807) is 6.20 Å². The van der Waals surface area contributed by atoms with Gasteiger partial charge in [0, 0.05) is 24.4 Å². The van der Waals surface area contributed by atoms with Crippen LogP contribution in [0.2, 0.25) is 5.02 Å². The molecule has 1 amide bonds. The lowest BCUT2D eigenvalue weighted by Gasteiger charge is -2.25. The van der Waals surface area contributed by atoms with E-state index < -0.39 is 0 Å². The Morgan fingerprint density at radius 2 is 1.96 bits per heavy atom. The molecule has 0 aliphatic heterocycles. The smallest absolute Gasteiger partial charge is 0.220 e. The van der Waals surface area contributed by atoms with Crippen LogP contribution < -0.4 is 5.32 Å². The average Bonchev–Trinajstić information content (AvgIpc) is 3.16. The van der Waals surface area contributed by atoms with Crippen molar-refractivity contribution >= 4 is 28.4 Å². The summed E-state index contributed by atoms with van der Waals surface area (Å²) in [6.07, 6.45) is 2.98. The summed E-state index contributed by atoms with van der Waals surface area (Å²) in [5.41, 5.74) is 3.17. The third-order valence-corrected chi connectivity index (χ3v) is 5.67. The van der Waals surface area contributed by atoms with Crippen LogP contribution in [-0.4, -0.2) is 47.7 Å². The molecular formula is C22H27ClN4O. The fourth-order valence-electron chi connectivity index (χ4n) is 3.36. The van der Waals surface area contributed by atoms with Gasteiger partial charge in [0.25, 0.3) is 0 Å². The number of carbonyl (C=O) groups excluding carboxylic acids is 1. The highest BCUT2D eigenvalue weighted by atomic mass is 35.5. The molecule has 2 N–H and O–H groups in total.